The van der Waals surface area contributed by atoms with Crippen molar-refractivity contribution >= 4 is 5.91 Å². The van der Waals surface area contributed by atoms with Gasteiger partial charge in [0.1, 0.15) is 0 Å². The number of carbonyl (C=O) groups excluding carboxylic acids is 1. The number of hydrogen-bond acceptors (Lipinski definition) is 5. The number of amides is 1. The SMILES string of the molecule is Cc1cc(Oc2ccccc2F)nc([C@H]2CCCN2C(=O)c2cnn(C)c2C)n1. The lowest BCUT2D eigenvalue weighted by molar-refractivity contribution is 0.0728. The van der Waals surface area contributed by atoms with Crippen LogP contribution in [0.2, 0.25) is 0 Å². The van der Waals surface area contributed by atoms with Gasteiger partial charge in [0.05, 0.1) is 17.8 Å². The van der Waals surface area contributed by atoms with Crippen molar-refractivity contribution in [1.29, 1.82) is 0 Å². The van der Waals surface area contributed by atoms with E-state index in [9.17, 15) is 9.18 Å². The second-order valence-corrected chi connectivity index (χ2v) is 7.16. The number of ether oxygens (including phenoxy) is 1. The number of aryl methyl sites for hydroxylation is 2. The number of likely N-dealkylation sites (tertiary alicyclic amines) is 1. The lowest BCUT2D eigenvalue weighted by Gasteiger charge is -2.24. The van der Waals surface area contributed by atoms with Crippen LogP contribution in [0.25, 0.3) is 0 Å². The number of halogens is 1. The van der Waals surface area contributed by atoms with Gasteiger partial charge in [0.2, 0.25) is 5.88 Å². The van der Waals surface area contributed by atoms with E-state index in [1.54, 1.807) is 40.0 Å². The molecule has 1 aliphatic rings. The fraction of sp³-hybridized carbons (Fsp3) is 0.333. The Morgan fingerprint density at radius 2 is 2.03 bits per heavy atom. The second kappa shape index (κ2) is 7.62. The van der Waals surface area contributed by atoms with E-state index in [1.165, 1.54) is 6.07 Å². The molecular weight excluding hydrogens is 373 g/mol. The molecule has 0 bridgehead atoms. The van der Waals surface area contributed by atoms with Crippen LogP contribution >= 0.6 is 0 Å². The van der Waals surface area contributed by atoms with E-state index in [2.05, 4.69) is 15.1 Å². The third-order valence-electron chi connectivity index (χ3n) is 5.18. The molecule has 1 amide bonds. The maximum Gasteiger partial charge on any atom is 0.257 e. The minimum atomic E-state index is -0.463. The van der Waals surface area contributed by atoms with Crippen molar-refractivity contribution < 1.29 is 13.9 Å². The predicted molar refractivity (Wildman–Crippen MR) is 104 cm³/mol. The molecule has 150 valence electrons. The molecule has 1 saturated heterocycles. The molecule has 0 spiro atoms. The van der Waals surface area contributed by atoms with Gasteiger partial charge in [-0.1, -0.05) is 12.1 Å². The lowest BCUT2D eigenvalue weighted by Crippen LogP contribution is -2.32. The van der Waals surface area contributed by atoms with Gasteiger partial charge >= 0.3 is 0 Å². The number of rotatable bonds is 4. The maximum atomic E-state index is 13.9. The molecule has 0 N–H and O–H groups in total. The average Bonchev–Trinajstić information content (AvgIpc) is 3.30. The number of para-hydroxylation sites is 1. The number of nitrogens with zero attached hydrogens (tertiary/aromatic N) is 5. The van der Waals surface area contributed by atoms with Crippen molar-refractivity contribution in [3.05, 3.63) is 65.1 Å². The summed E-state index contributed by atoms with van der Waals surface area (Å²) >= 11 is 0. The fourth-order valence-corrected chi connectivity index (χ4v) is 3.54. The standard InChI is InChI=1S/C21H22FN5O2/c1-13-11-19(29-18-9-5-4-7-16(18)22)25-20(24-13)17-8-6-10-27(17)21(28)15-12-23-26(3)14(15)2/h4-5,7,9,11-12,17H,6,8,10H2,1-3H3/t17-/m1/s1. The molecule has 8 heteroatoms. The highest BCUT2D eigenvalue weighted by atomic mass is 19.1. The van der Waals surface area contributed by atoms with Gasteiger partial charge in [-0.3, -0.25) is 9.48 Å². The highest BCUT2D eigenvalue weighted by Crippen LogP contribution is 2.33. The Kier molecular flexibility index (Phi) is 5.00. The van der Waals surface area contributed by atoms with Crippen LogP contribution in [-0.4, -0.2) is 37.1 Å². The van der Waals surface area contributed by atoms with E-state index in [-0.39, 0.29) is 23.6 Å². The summed E-state index contributed by atoms with van der Waals surface area (Å²) in [5.41, 5.74) is 2.09. The van der Waals surface area contributed by atoms with Gasteiger partial charge in [0.25, 0.3) is 5.91 Å². The summed E-state index contributed by atoms with van der Waals surface area (Å²) in [5, 5.41) is 4.17. The number of aromatic nitrogens is 4. The first-order valence-electron chi connectivity index (χ1n) is 9.51. The van der Waals surface area contributed by atoms with Gasteiger partial charge in [-0.25, -0.2) is 9.37 Å². The Bertz CT molecular complexity index is 1060. The monoisotopic (exact) mass is 395 g/mol. The van der Waals surface area contributed by atoms with Crippen molar-refractivity contribution in [2.75, 3.05) is 6.54 Å². The van der Waals surface area contributed by atoms with E-state index >= 15 is 0 Å². The molecular formula is C21H22FN5O2. The third kappa shape index (κ3) is 3.70. The molecule has 3 heterocycles. The highest BCUT2D eigenvalue weighted by Gasteiger charge is 2.34. The van der Waals surface area contributed by atoms with Gasteiger partial charge in [0, 0.05) is 31.0 Å². The molecule has 1 aromatic carbocycles. The van der Waals surface area contributed by atoms with Gasteiger partial charge < -0.3 is 9.64 Å². The number of benzene rings is 1. The van der Waals surface area contributed by atoms with Crippen LogP contribution in [-0.2, 0) is 7.05 Å². The van der Waals surface area contributed by atoms with Gasteiger partial charge in [-0.15, -0.1) is 0 Å². The van der Waals surface area contributed by atoms with E-state index in [0.29, 0.717) is 23.6 Å². The van der Waals surface area contributed by atoms with Crippen molar-refractivity contribution in [1.82, 2.24) is 24.6 Å². The molecule has 1 fully saturated rings. The van der Waals surface area contributed by atoms with Crippen LogP contribution in [0.15, 0.2) is 36.5 Å². The quantitative estimate of drug-likeness (QED) is 0.673. The topological polar surface area (TPSA) is 73.1 Å². The Hall–Kier alpha value is -3.29. The largest absolute Gasteiger partial charge is 0.436 e. The summed E-state index contributed by atoms with van der Waals surface area (Å²) in [6.07, 6.45) is 3.21. The zero-order valence-corrected chi connectivity index (χ0v) is 16.6. The Balaban J connectivity index is 1.63. The van der Waals surface area contributed by atoms with Crippen LogP contribution in [0.4, 0.5) is 4.39 Å². The third-order valence-corrected chi connectivity index (χ3v) is 5.18. The Morgan fingerprint density at radius 3 is 2.76 bits per heavy atom. The maximum absolute atomic E-state index is 13.9. The summed E-state index contributed by atoms with van der Waals surface area (Å²) in [6.45, 7) is 4.32. The summed E-state index contributed by atoms with van der Waals surface area (Å²) in [4.78, 5) is 23.9. The highest BCUT2D eigenvalue weighted by molar-refractivity contribution is 5.95. The van der Waals surface area contributed by atoms with Crippen LogP contribution in [0.5, 0.6) is 11.6 Å². The minimum absolute atomic E-state index is 0.0835. The number of carbonyl (C=O) groups is 1. The molecule has 1 aliphatic heterocycles. The smallest absolute Gasteiger partial charge is 0.257 e. The van der Waals surface area contributed by atoms with Crippen molar-refractivity contribution in [2.24, 2.45) is 7.05 Å². The number of hydrogen-bond donors (Lipinski definition) is 0. The summed E-state index contributed by atoms with van der Waals surface area (Å²) in [6, 6.07) is 7.57. The van der Waals surface area contributed by atoms with E-state index < -0.39 is 5.82 Å². The fourth-order valence-electron chi connectivity index (χ4n) is 3.54. The van der Waals surface area contributed by atoms with Gasteiger partial charge in [0.15, 0.2) is 17.4 Å². The first-order chi connectivity index (χ1) is 13.9. The second-order valence-electron chi connectivity index (χ2n) is 7.16. The molecule has 1 atom stereocenters. The summed E-state index contributed by atoms with van der Waals surface area (Å²) in [5.74, 6) is 0.315. The van der Waals surface area contributed by atoms with E-state index in [0.717, 1.165) is 18.5 Å². The molecule has 4 rings (SSSR count). The van der Waals surface area contributed by atoms with Crippen molar-refractivity contribution in [3.8, 4) is 11.6 Å². The van der Waals surface area contributed by atoms with Gasteiger partial charge in [-0.2, -0.15) is 10.1 Å². The normalized spacial score (nSPS) is 16.3. The average molecular weight is 395 g/mol. The molecule has 0 radical (unpaired) electrons. The molecule has 29 heavy (non-hydrogen) atoms. The van der Waals surface area contributed by atoms with Crippen molar-refractivity contribution in [3.63, 3.8) is 0 Å². The lowest BCUT2D eigenvalue weighted by atomic mass is 10.1. The summed E-state index contributed by atoms with van der Waals surface area (Å²) < 4.78 is 21.3. The first-order valence-corrected chi connectivity index (χ1v) is 9.51. The van der Waals surface area contributed by atoms with E-state index in [1.807, 2.05) is 20.9 Å². The van der Waals surface area contributed by atoms with E-state index in [4.69, 9.17) is 4.74 Å². The summed E-state index contributed by atoms with van der Waals surface area (Å²) in [7, 11) is 1.81. The molecule has 2 aromatic heterocycles. The minimum Gasteiger partial charge on any atom is -0.436 e. The molecule has 7 nitrogen and oxygen atoms in total. The first kappa shape index (κ1) is 19.0. The van der Waals surface area contributed by atoms with Crippen LogP contribution in [0.1, 0.15) is 46.5 Å². The predicted octanol–water partition coefficient (Wildman–Crippen LogP) is 3.74. The van der Waals surface area contributed by atoms with Gasteiger partial charge in [-0.05, 0) is 38.8 Å². The Morgan fingerprint density at radius 1 is 1.24 bits per heavy atom. The molecule has 0 aliphatic carbocycles. The van der Waals surface area contributed by atoms with Crippen LogP contribution in [0, 0.1) is 19.7 Å². The molecule has 0 unspecified atom stereocenters. The van der Waals surface area contributed by atoms with Crippen LogP contribution < -0.4 is 4.74 Å². The van der Waals surface area contributed by atoms with Crippen LogP contribution in [0.3, 0.4) is 0 Å². The molecule has 0 saturated carbocycles. The van der Waals surface area contributed by atoms with Crippen molar-refractivity contribution in [2.45, 2.75) is 32.7 Å². The molecule has 3 aromatic rings. The Labute approximate surface area is 168 Å². The zero-order chi connectivity index (χ0) is 20.5. The zero-order valence-electron chi connectivity index (χ0n) is 16.6.